The van der Waals surface area contributed by atoms with Gasteiger partial charge in [-0.2, -0.15) is 0 Å². The van der Waals surface area contributed by atoms with Crippen molar-refractivity contribution in [3.63, 3.8) is 0 Å². The molecular weight excluding hydrogens is 446 g/mol. The fourth-order valence-electron chi connectivity index (χ4n) is 4.03. The Labute approximate surface area is 198 Å². The van der Waals surface area contributed by atoms with E-state index in [1.54, 1.807) is 30.5 Å². The Morgan fingerprint density at radius 1 is 0.971 bits per heavy atom. The van der Waals surface area contributed by atoms with Gasteiger partial charge in [0, 0.05) is 35.4 Å². The molecule has 0 saturated carbocycles. The summed E-state index contributed by atoms with van der Waals surface area (Å²) in [5, 5.41) is 2.83. The number of imide groups is 1. The minimum Gasteiger partial charge on any atom is -0.467 e. The third-order valence-electron chi connectivity index (χ3n) is 5.80. The summed E-state index contributed by atoms with van der Waals surface area (Å²) >= 11 is 0. The second kappa shape index (κ2) is 8.07. The van der Waals surface area contributed by atoms with Gasteiger partial charge in [0.15, 0.2) is 0 Å². The molecule has 0 aliphatic carbocycles. The molecule has 5 aromatic rings. The number of imidazole rings is 1. The fourth-order valence-corrected chi connectivity index (χ4v) is 4.03. The highest BCUT2D eigenvalue weighted by molar-refractivity contribution is 6.22. The maximum absolute atomic E-state index is 12.9. The summed E-state index contributed by atoms with van der Waals surface area (Å²) in [5.74, 6) is -0.149. The van der Waals surface area contributed by atoms with Crippen LogP contribution >= 0.6 is 0 Å². The zero-order valence-corrected chi connectivity index (χ0v) is 18.2. The van der Waals surface area contributed by atoms with Crippen LogP contribution in [0.15, 0.2) is 89.9 Å². The maximum Gasteiger partial charge on any atom is 0.261 e. The highest BCUT2D eigenvalue weighted by Gasteiger charge is 2.36. The minimum atomic E-state index is -0.456. The van der Waals surface area contributed by atoms with Gasteiger partial charge in [-0.15, -0.1) is 0 Å². The normalized spacial score (nSPS) is 12.9. The molecule has 0 unspecified atom stereocenters. The van der Waals surface area contributed by atoms with Crippen molar-refractivity contribution in [2.75, 3.05) is 5.32 Å². The summed E-state index contributed by atoms with van der Waals surface area (Å²) < 4.78 is 7.09. The van der Waals surface area contributed by atoms with Gasteiger partial charge in [0.25, 0.3) is 17.7 Å². The van der Waals surface area contributed by atoms with E-state index in [1.165, 1.54) is 24.5 Å². The number of furan rings is 1. The van der Waals surface area contributed by atoms with Crippen molar-refractivity contribution in [1.29, 1.82) is 0 Å². The van der Waals surface area contributed by atoms with Crippen molar-refractivity contribution in [3.8, 4) is 11.3 Å². The van der Waals surface area contributed by atoms with E-state index in [1.807, 2.05) is 35.0 Å². The summed E-state index contributed by atoms with van der Waals surface area (Å²) in [4.78, 5) is 48.2. The first-order chi connectivity index (χ1) is 17.1. The number of fused-ring (bicyclic) bond motifs is 2. The van der Waals surface area contributed by atoms with E-state index in [9.17, 15) is 14.4 Å². The fraction of sp³-hybridized carbons (Fsp3) is 0.0385. The zero-order valence-electron chi connectivity index (χ0n) is 18.2. The predicted octanol–water partition coefficient (Wildman–Crippen LogP) is 4.04. The molecule has 35 heavy (non-hydrogen) atoms. The second-order valence-corrected chi connectivity index (χ2v) is 8.02. The maximum atomic E-state index is 12.9. The predicted molar refractivity (Wildman–Crippen MR) is 126 cm³/mol. The molecule has 0 spiro atoms. The molecule has 0 radical (unpaired) electrons. The summed E-state index contributed by atoms with van der Waals surface area (Å²) in [6, 6.07) is 17.0. The first-order valence-corrected chi connectivity index (χ1v) is 10.8. The molecule has 3 amide bonds. The Balaban J connectivity index is 1.19. The van der Waals surface area contributed by atoms with Crippen LogP contribution in [-0.2, 0) is 6.54 Å². The van der Waals surface area contributed by atoms with E-state index in [0.717, 1.165) is 16.2 Å². The van der Waals surface area contributed by atoms with Crippen LogP contribution in [0.2, 0.25) is 0 Å². The molecule has 9 nitrogen and oxygen atoms in total. The lowest BCUT2D eigenvalue weighted by Crippen LogP contribution is -2.28. The van der Waals surface area contributed by atoms with Crippen LogP contribution in [0.3, 0.4) is 0 Å². The molecule has 6 rings (SSSR count). The lowest BCUT2D eigenvalue weighted by Gasteiger charge is -2.11. The highest BCUT2D eigenvalue weighted by Crippen LogP contribution is 2.26. The summed E-state index contributed by atoms with van der Waals surface area (Å²) in [6.07, 6.45) is 6.92. The molecule has 0 bridgehead atoms. The van der Waals surface area contributed by atoms with Gasteiger partial charge in [-0.3, -0.25) is 23.7 Å². The van der Waals surface area contributed by atoms with Crippen molar-refractivity contribution < 1.29 is 18.8 Å². The van der Waals surface area contributed by atoms with E-state index in [2.05, 4.69) is 15.3 Å². The van der Waals surface area contributed by atoms with Crippen LogP contribution in [0.5, 0.6) is 0 Å². The average Bonchev–Trinajstić information content (AvgIpc) is 3.60. The Bertz CT molecular complexity index is 1570. The SMILES string of the molecule is O=C(Nc1ccc(-c2cn3cccnc3n2)cc1)c1ccc2c(c1)C(=O)N(Cc1ccco1)C2=O. The molecular formula is C26H17N5O4. The van der Waals surface area contributed by atoms with E-state index in [0.29, 0.717) is 17.2 Å². The Kier molecular flexibility index (Phi) is 4.74. The number of rotatable bonds is 5. The van der Waals surface area contributed by atoms with E-state index >= 15 is 0 Å². The van der Waals surface area contributed by atoms with Crippen LogP contribution < -0.4 is 5.32 Å². The molecule has 4 heterocycles. The van der Waals surface area contributed by atoms with E-state index < -0.39 is 11.8 Å². The van der Waals surface area contributed by atoms with Crippen LogP contribution in [0, 0.1) is 0 Å². The lowest BCUT2D eigenvalue weighted by atomic mass is 10.1. The molecule has 3 aromatic heterocycles. The first kappa shape index (κ1) is 20.5. The zero-order chi connectivity index (χ0) is 23.9. The van der Waals surface area contributed by atoms with Gasteiger partial charge in [0.05, 0.1) is 29.6 Å². The number of anilines is 1. The highest BCUT2D eigenvalue weighted by atomic mass is 16.3. The van der Waals surface area contributed by atoms with Crippen LogP contribution in [0.25, 0.3) is 17.0 Å². The van der Waals surface area contributed by atoms with Crippen molar-refractivity contribution in [2.45, 2.75) is 6.54 Å². The number of hydrogen-bond donors (Lipinski definition) is 1. The van der Waals surface area contributed by atoms with Gasteiger partial charge in [-0.1, -0.05) is 12.1 Å². The topological polar surface area (TPSA) is 110 Å². The third kappa shape index (κ3) is 3.65. The molecule has 0 saturated heterocycles. The standard InChI is InChI=1S/C26H17N5O4/c32-23(28-18-7-4-16(5-8-18)22-15-30-11-2-10-27-26(30)29-22)17-6-9-20-21(13-17)25(34)31(24(20)33)14-19-3-1-12-35-19/h1-13,15H,14H2,(H,28,32). The number of carbonyl (C=O) groups excluding carboxylic acids is 3. The summed E-state index contributed by atoms with van der Waals surface area (Å²) in [7, 11) is 0. The van der Waals surface area contributed by atoms with Crippen LogP contribution in [-0.4, -0.2) is 37.0 Å². The Morgan fingerprint density at radius 2 is 1.80 bits per heavy atom. The molecule has 0 fully saturated rings. The molecule has 9 heteroatoms. The van der Waals surface area contributed by atoms with Crippen LogP contribution in [0.1, 0.15) is 36.8 Å². The third-order valence-corrected chi connectivity index (χ3v) is 5.80. The lowest BCUT2D eigenvalue weighted by molar-refractivity contribution is 0.0631. The number of benzene rings is 2. The van der Waals surface area contributed by atoms with Crippen molar-refractivity contribution in [3.05, 3.63) is 108 Å². The molecule has 0 atom stereocenters. The van der Waals surface area contributed by atoms with Gasteiger partial charge in [-0.25, -0.2) is 9.97 Å². The van der Waals surface area contributed by atoms with E-state index in [-0.39, 0.29) is 29.1 Å². The van der Waals surface area contributed by atoms with Crippen molar-refractivity contribution >= 4 is 29.2 Å². The minimum absolute atomic E-state index is 0.0373. The van der Waals surface area contributed by atoms with Gasteiger partial charge >= 0.3 is 0 Å². The monoisotopic (exact) mass is 463 g/mol. The van der Waals surface area contributed by atoms with E-state index in [4.69, 9.17) is 4.42 Å². The number of nitrogens with zero attached hydrogens (tertiary/aromatic N) is 4. The Hall–Kier alpha value is -5.05. The first-order valence-electron chi connectivity index (χ1n) is 10.8. The van der Waals surface area contributed by atoms with Gasteiger partial charge in [0.2, 0.25) is 5.78 Å². The Morgan fingerprint density at radius 3 is 2.57 bits per heavy atom. The van der Waals surface area contributed by atoms with Gasteiger partial charge in [-0.05, 0) is 48.5 Å². The van der Waals surface area contributed by atoms with Crippen LogP contribution in [0.4, 0.5) is 5.69 Å². The summed E-state index contributed by atoms with van der Waals surface area (Å²) in [5.41, 5.74) is 2.98. The van der Waals surface area contributed by atoms with Crippen molar-refractivity contribution in [2.24, 2.45) is 0 Å². The van der Waals surface area contributed by atoms with Crippen molar-refractivity contribution in [1.82, 2.24) is 19.3 Å². The number of hydrogen-bond acceptors (Lipinski definition) is 6. The number of carbonyl (C=O) groups is 3. The average molecular weight is 463 g/mol. The smallest absolute Gasteiger partial charge is 0.261 e. The van der Waals surface area contributed by atoms with Gasteiger partial charge < -0.3 is 9.73 Å². The summed E-state index contributed by atoms with van der Waals surface area (Å²) in [6.45, 7) is 0.0373. The molecule has 1 N–H and O–H groups in total. The molecule has 170 valence electrons. The van der Waals surface area contributed by atoms with Gasteiger partial charge in [0.1, 0.15) is 5.76 Å². The number of amides is 3. The second-order valence-electron chi connectivity index (χ2n) is 8.02. The quantitative estimate of drug-likeness (QED) is 0.394. The molecule has 1 aliphatic rings. The molecule has 2 aromatic carbocycles. The largest absolute Gasteiger partial charge is 0.467 e. The molecule has 1 aliphatic heterocycles. The number of nitrogens with one attached hydrogen (secondary N) is 1. The number of aromatic nitrogens is 3.